The summed E-state index contributed by atoms with van der Waals surface area (Å²) in [6, 6.07) is 4.43. The van der Waals surface area contributed by atoms with E-state index in [1.54, 1.807) is 6.92 Å². The van der Waals surface area contributed by atoms with E-state index in [4.69, 9.17) is 9.05 Å². The van der Waals surface area contributed by atoms with Crippen LogP contribution in [0.25, 0.3) is 0 Å². The van der Waals surface area contributed by atoms with Crippen LogP contribution in [0.1, 0.15) is 20.8 Å². The van der Waals surface area contributed by atoms with Crippen LogP contribution in [0.4, 0.5) is 5.69 Å². The molecule has 10 heteroatoms. The molecule has 1 heterocycles. The van der Waals surface area contributed by atoms with Gasteiger partial charge in [0.05, 0.1) is 22.5 Å². The predicted octanol–water partition coefficient (Wildman–Crippen LogP) is 2.73. The number of rotatable bonds is 5. The van der Waals surface area contributed by atoms with Crippen LogP contribution in [0, 0.1) is 10.1 Å². The third kappa shape index (κ3) is 2.20. The van der Waals surface area contributed by atoms with Crippen molar-refractivity contribution in [1.82, 2.24) is 0 Å². The molecule has 8 nitrogen and oxygen atoms in total. The molecule has 0 aliphatic carbocycles. The monoisotopic (exact) mass is 349 g/mol. The van der Waals surface area contributed by atoms with E-state index < -0.39 is 32.9 Å². The number of nitrogens with zero attached hydrogens (tertiary/aromatic N) is 1. The number of hydrogen-bond acceptors (Lipinski definition) is 7. The van der Waals surface area contributed by atoms with Crippen molar-refractivity contribution in [2.75, 3.05) is 6.61 Å². The van der Waals surface area contributed by atoms with E-state index in [-0.39, 0.29) is 17.2 Å². The molecule has 0 N–H and O–H groups in total. The van der Waals surface area contributed by atoms with Crippen LogP contribution in [0.2, 0.25) is 0 Å². The Morgan fingerprint density at radius 2 is 1.95 bits per heavy atom. The maximum atomic E-state index is 12.8. The summed E-state index contributed by atoms with van der Waals surface area (Å²) in [7, 11) is -7.87. The van der Waals surface area contributed by atoms with Crippen molar-refractivity contribution in [1.29, 1.82) is 0 Å². The van der Waals surface area contributed by atoms with Crippen LogP contribution < -0.4 is 0 Å². The van der Waals surface area contributed by atoms with E-state index in [1.165, 1.54) is 13.8 Å². The summed E-state index contributed by atoms with van der Waals surface area (Å²) in [4.78, 5) is 9.85. The van der Waals surface area contributed by atoms with Crippen molar-refractivity contribution < 1.29 is 27.0 Å². The SMILES string of the molecule is CCOP1(=O)OC(C)C1(C)S(=O)(=O)c1ccc([N+](=O)[O-])cc1. The lowest BCUT2D eigenvalue weighted by atomic mass is 10.3. The lowest BCUT2D eigenvalue weighted by Gasteiger charge is -2.48. The molecule has 3 unspecified atom stereocenters. The molecule has 1 aromatic rings. The number of nitro benzene ring substituents is 1. The number of nitro groups is 1. The average Bonchev–Trinajstić information content (AvgIpc) is 2.46. The summed E-state index contributed by atoms with van der Waals surface area (Å²) in [5.74, 6) is 0. The average molecular weight is 349 g/mol. The van der Waals surface area contributed by atoms with Crippen LogP contribution in [0.5, 0.6) is 0 Å². The third-order valence-corrected chi connectivity index (χ3v) is 10.1. The molecule has 0 amide bonds. The fourth-order valence-electron chi connectivity index (χ4n) is 2.26. The van der Waals surface area contributed by atoms with Crippen molar-refractivity contribution in [3.05, 3.63) is 34.4 Å². The Balaban J connectivity index is 2.49. The van der Waals surface area contributed by atoms with Gasteiger partial charge in [0, 0.05) is 12.1 Å². The summed E-state index contributed by atoms with van der Waals surface area (Å²) < 4.78 is 46.7. The quantitative estimate of drug-likeness (QED) is 0.456. The van der Waals surface area contributed by atoms with Gasteiger partial charge < -0.3 is 9.05 Å². The predicted molar refractivity (Wildman–Crippen MR) is 78.5 cm³/mol. The fraction of sp³-hybridized carbons (Fsp3) is 0.500. The lowest BCUT2D eigenvalue weighted by Crippen LogP contribution is -2.55. The first-order valence-electron chi connectivity index (χ1n) is 6.52. The molecule has 122 valence electrons. The second-order valence-corrected chi connectivity index (χ2v) is 9.99. The van der Waals surface area contributed by atoms with E-state index in [0.29, 0.717) is 0 Å². The Bertz CT molecular complexity index is 739. The highest BCUT2D eigenvalue weighted by atomic mass is 32.2. The maximum absolute atomic E-state index is 12.8. The van der Waals surface area contributed by atoms with Gasteiger partial charge in [-0.15, -0.1) is 0 Å². The molecule has 1 aliphatic heterocycles. The minimum atomic E-state index is -4.06. The Kier molecular flexibility index (Phi) is 4.20. The zero-order valence-electron chi connectivity index (χ0n) is 12.3. The highest BCUT2D eigenvalue weighted by Crippen LogP contribution is 2.74. The molecular weight excluding hydrogens is 333 g/mol. The standard InChI is InChI=1S/C12H16NO7PS/c1-4-19-21(16)12(3,9(2)20-21)22(17,18)11-7-5-10(6-8-11)13(14)15/h5-9H,4H2,1-3H3. The van der Waals surface area contributed by atoms with Crippen molar-refractivity contribution >= 4 is 23.1 Å². The van der Waals surface area contributed by atoms with E-state index in [9.17, 15) is 23.1 Å². The topological polar surface area (TPSA) is 113 Å². The molecule has 0 spiro atoms. The van der Waals surface area contributed by atoms with Crippen LogP contribution >= 0.6 is 7.60 Å². The van der Waals surface area contributed by atoms with Gasteiger partial charge in [0.25, 0.3) is 5.69 Å². The normalized spacial score (nSPS) is 31.5. The van der Waals surface area contributed by atoms with Gasteiger partial charge in [-0.3, -0.25) is 14.7 Å². The molecule has 0 saturated carbocycles. The van der Waals surface area contributed by atoms with Crippen LogP contribution in [0.15, 0.2) is 29.2 Å². The number of benzene rings is 1. The summed E-state index contributed by atoms with van der Waals surface area (Å²) >= 11 is 0. The first-order valence-corrected chi connectivity index (χ1v) is 9.55. The number of sulfone groups is 1. The first-order chi connectivity index (χ1) is 10.1. The van der Waals surface area contributed by atoms with E-state index in [2.05, 4.69) is 0 Å². The molecule has 1 aliphatic rings. The second-order valence-electron chi connectivity index (χ2n) is 4.97. The molecule has 2 rings (SSSR count). The van der Waals surface area contributed by atoms with Gasteiger partial charge in [0.1, 0.15) is 0 Å². The van der Waals surface area contributed by atoms with Gasteiger partial charge in [0.15, 0.2) is 9.84 Å². The van der Waals surface area contributed by atoms with Crippen molar-refractivity contribution in [2.24, 2.45) is 0 Å². The van der Waals surface area contributed by atoms with Crippen molar-refractivity contribution in [3.63, 3.8) is 0 Å². The van der Waals surface area contributed by atoms with Crippen LogP contribution in [-0.2, 0) is 23.4 Å². The molecule has 3 atom stereocenters. The number of hydrogen-bond donors (Lipinski definition) is 0. The molecular formula is C12H16NO7PS. The van der Waals surface area contributed by atoms with Gasteiger partial charge in [-0.2, -0.15) is 0 Å². The zero-order chi connectivity index (χ0) is 16.8. The van der Waals surface area contributed by atoms with Crippen molar-refractivity contribution in [2.45, 2.75) is 36.3 Å². The molecule has 1 saturated heterocycles. The minimum absolute atomic E-state index is 0.0510. The summed E-state index contributed by atoms with van der Waals surface area (Å²) in [6.07, 6.45) is -0.815. The Labute approximate surface area is 128 Å². The maximum Gasteiger partial charge on any atom is 0.354 e. The number of non-ortho nitro benzene ring substituents is 1. The van der Waals surface area contributed by atoms with E-state index >= 15 is 0 Å². The van der Waals surface area contributed by atoms with E-state index in [0.717, 1.165) is 24.3 Å². The van der Waals surface area contributed by atoms with E-state index in [1.807, 2.05) is 0 Å². The minimum Gasteiger partial charge on any atom is -0.308 e. The van der Waals surface area contributed by atoms with Gasteiger partial charge in [0.2, 0.25) is 4.49 Å². The summed E-state index contributed by atoms with van der Waals surface area (Å²) in [5, 5.41) is 10.6. The lowest BCUT2D eigenvalue weighted by molar-refractivity contribution is -0.384. The molecule has 0 aromatic heterocycles. The highest BCUT2D eigenvalue weighted by molar-refractivity contribution is 8.00. The summed E-state index contributed by atoms with van der Waals surface area (Å²) in [5.41, 5.74) is -0.227. The van der Waals surface area contributed by atoms with Crippen molar-refractivity contribution in [3.8, 4) is 0 Å². The van der Waals surface area contributed by atoms with Gasteiger partial charge in [-0.05, 0) is 32.9 Å². The highest BCUT2D eigenvalue weighted by Gasteiger charge is 2.70. The third-order valence-electron chi connectivity index (χ3n) is 3.80. The molecule has 1 fully saturated rings. The Morgan fingerprint density at radius 3 is 2.36 bits per heavy atom. The zero-order valence-corrected chi connectivity index (χ0v) is 14.0. The van der Waals surface area contributed by atoms with Gasteiger partial charge >= 0.3 is 7.60 Å². The Morgan fingerprint density at radius 1 is 1.41 bits per heavy atom. The van der Waals surface area contributed by atoms with Crippen LogP contribution in [0.3, 0.4) is 0 Å². The molecule has 22 heavy (non-hydrogen) atoms. The first kappa shape index (κ1) is 17.1. The van der Waals surface area contributed by atoms with Crippen LogP contribution in [-0.4, -0.2) is 30.5 Å². The largest absolute Gasteiger partial charge is 0.354 e. The van der Waals surface area contributed by atoms with Gasteiger partial charge in [-0.1, -0.05) is 0 Å². The van der Waals surface area contributed by atoms with Gasteiger partial charge in [-0.25, -0.2) is 8.42 Å². The molecule has 1 aromatic carbocycles. The second kappa shape index (κ2) is 5.42. The Hall–Kier alpha value is -1.28. The molecule has 0 bridgehead atoms. The molecule has 0 radical (unpaired) electrons. The summed E-state index contributed by atoms with van der Waals surface area (Å²) in [6.45, 7) is 4.45. The smallest absolute Gasteiger partial charge is 0.308 e. The fourth-order valence-corrected chi connectivity index (χ4v) is 7.41.